The summed E-state index contributed by atoms with van der Waals surface area (Å²) in [7, 11) is 0. The lowest BCUT2D eigenvalue weighted by Gasteiger charge is -1.71. The predicted octanol–water partition coefficient (Wildman–Crippen LogP) is -0.849. The molecule has 4 heavy (non-hydrogen) atoms. The minimum absolute atomic E-state index is 0.817. The van der Waals surface area contributed by atoms with Crippen LogP contribution in [0.3, 0.4) is 0 Å². The lowest BCUT2D eigenvalue weighted by Crippen LogP contribution is -2.21. The van der Waals surface area contributed by atoms with Crippen molar-refractivity contribution in [3.63, 3.8) is 0 Å². The van der Waals surface area contributed by atoms with Gasteiger partial charge >= 0.3 is 0 Å². The van der Waals surface area contributed by atoms with Crippen LogP contribution in [-0.2, 0) is 0 Å². The van der Waals surface area contributed by atoms with Crippen LogP contribution in [-0.4, -0.2) is 5.27 Å². The molecule has 0 saturated heterocycles. The third-order valence-corrected chi connectivity index (χ3v) is 0.518. The Balaban J connectivity index is 1.97. The molecule has 24 valence electrons. The van der Waals surface area contributed by atoms with Gasteiger partial charge in [-0.3, -0.25) is 11.2 Å². The van der Waals surface area contributed by atoms with Crippen LogP contribution in [0.25, 0.3) is 0 Å². The van der Waals surface area contributed by atoms with E-state index in [0.29, 0.717) is 0 Å². The lowest BCUT2D eigenvalue weighted by molar-refractivity contribution is 1.10. The summed E-state index contributed by atoms with van der Waals surface area (Å²) in [6, 6.07) is 0. The SMILES string of the molecule is NNBI. The van der Waals surface area contributed by atoms with Gasteiger partial charge in [-0.05, 0) is 0 Å². The monoisotopic (exact) mass is 170 g/mol. The quantitative estimate of drug-likeness (QED) is 0.232. The van der Waals surface area contributed by atoms with Crippen LogP contribution < -0.4 is 11.2 Å². The van der Waals surface area contributed by atoms with Crippen LogP contribution in [0, 0.1) is 0 Å². The van der Waals surface area contributed by atoms with Gasteiger partial charge in [0.15, 0.2) is 0 Å². The Morgan fingerprint density at radius 2 is 2.25 bits per heavy atom. The Kier molecular flexibility index (Phi) is 4.38. The van der Waals surface area contributed by atoms with Gasteiger partial charge in [-0.25, -0.2) is 0 Å². The summed E-state index contributed by atoms with van der Waals surface area (Å²) < 4.78 is 0. The molecule has 0 amide bonds. The van der Waals surface area contributed by atoms with Crippen LogP contribution in [0.5, 0.6) is 0 Å². The van der Waals surface area contributed by atoms with Crippen molar-refractivity contribution < 1.29 is 0 Å². The van der Waals surface area contributed by atoms with E-state index in [4.69, 9.17) is 5.84 Å². The summed E-state index contributed by atoms with van der Waals surface area (Å²) in [6.45, 7) is 0. The van der Waals surface area contributed by atoms with E-state index in [-0.39, 0.29) is 0 Å². The van der Waals surface area contributed by atoms with Gasteiger partial charge in [0.25, 0.3) is 5.27 Å². The van der Waals surface area contributed by atoms with Crippen LogP contribution in [0.2, 0.25) is 0 Å². The molecule has 0 aromatic carbocycles. The molecule has 0 heterocycles. The number of halogens is 1. The highest BCUT2D eigenvalue weighted by atomic mass is 127. The van der Waals surface area contributed by atoms with E-state index in [0.717, 1.165) is 5.27 Å². The molecular weight excluding hydrogens is 166 g/mol. The summed E-state index contributed by atoms with van der Waals surface area (Å²) in [4.78, 5) is 0. The van der Waals surface area contributed by atoms with Crippen molar-refractivity contribution in [1.82, 2.24) is 5.34 Å². The van der Waals surface area contributed by atoms with Crippen molar-refractivity contribution in [2.75, 3.05) is 0 Å². The van der Waals surface area contributed by atoms with Gasteiger partial charge in [0.2, 0.25) is 0 Å². The summed E-state index contributed by atoms with van der Waals surface area (Å²) in [6.07, 6.45) is 0. The fraction of sp³-hybridized carbons (Fsp3) is 0. The first-order valence-electron chi connectivity index (χ1n) is 0.909. The number of hydrazine groups is 1. The molecule has 0 aliphatic carbocycles. The molecule has 0 fully saturated rings. The second-order valence-electron chi connectivity index (χ2n) is 0.338. The molecule has 0 rings (SSSR count). The average Bonchev–Trinajstić information content (AvgIpc) is 1.37. The lowest BCUT2D eigenvalue weighted by atomic mass is 10.5. The highest BCUT2D eigenvalue weighted by Gasteiger charge is 1.60. The van der Waals surface area contributed by atoms with Crippen molar-refractivity contribution in [3.05, 3.63) is 0 Å². The maximum absolute atomic E-state index is 4.77. The first-order valence-corrected chi connectivity index (χ1v) is 2.44. The third kappa shape index (κ3) is 2.71. The zero-order chi connectivity index (χ0) is 3.41. The first kappa shape index (κ1) is 4.71. The second-order valence-corrected chi connectivity index (χ2v) is 1.10. The van der Waals surface area contributed by atoms with Gasteiger partial charge in [-0.1, -0.05) is 0 Å². The van der Waals surface area contributed by atoms with Crippen LogP contribution in [0.15, 0.2) is 0 Å². The molecule has 0 radical (unpaired) electrons. The van der Waals surface area contributed by atoms with E-state index in [1.165, 1.54) is 0 Å². The van der Waals surface area contributed by atoms with Crippen LogP contribution in [0.4, 0.5) is 0 Å². The smallest absolute Gasteiger partial charge is 0.290 e. The summed E-state index contributed by atoms with van der Waals surface area (Å²) in [5.74, 6) is 4.77. The molecule has 0 atom stereocenters. The maximum Gasteiger partial charge on any atom is 0.290 e. The summed E-state index contributed by atoms with van der Waals surface area (Å²) >= 11 is 2.12. The molecule has 0 unspecified atom stereocenters. The minimum Gasteiger partial charge on any atom is -0.291 e. The van der Waals surface area contributed by atoms with Gasteiger partial charge in [0.1, 0.15) is 0 Å². The van der Waals surface area contributed by atoms with Crippen molar-refractivity contribution in [1.29, 1.82) is 0 Å². The zero-order valence-corrected chi connectivity index (χ0v) is 4.32. The Hall–Kier alpha value is 0.715. The van der Waals surface area contributed by atoms with E-state index >= 15 is 0 Å². The molecular formula is H4BIN2. The summed E-state index contributed by atoms with van der Waals surface area (Å²) in [5.41, 5.74) is 0. The van der Waals surface area contributed by atoms with Crippen molar-refractivity contribution in [2.45, 2.75) is 0 Å². The molecule has 0 aromatic rings. The fourth-order valence-corrected chi connectivity index (χ4v) is 0. The Bertz CT molecular complexity index is 8.00. The molecule has 0 spiro atoms. The molecule has 0 saturated carbocycles. The highest BCUT2D eigenvalue weighted by Crippen LogP contribution is 1.58. The van der Waals surface area contributed by atoms with Gasteiger partial charge in [-0.15, -0.1) is 22.4 Å². The number of nitrogens with one attached hydrogen (secondary N) is 1. The standard InChI is InChI=1S/BH4IN2/c2-1-4-3/h1,4H,3H2. The predicted molar refractivity (Wildman–Crippen MR) is 28.5 cm³/mol. The Morgan fingerprint density at radius 1 is 2.00 bits per heavy atom. The highest BCUT2D eigenvalue weighted by molar-refractivity contribution is 14.1. The molecule has 3 N–H and O–H groups in total. The molecule has 0 bridgehead atoms. The molecule has 2 nitrogen and oxygen atoms in total. The van der Waals surface area contributed by atoms with Gasteiger partial charge in [0.05, 0.1) is 0 Å². The average molecular weight is 170 g/mol. The first-order chi connectivity index (χ1) is 1.91. The number of rotatable bonds is 1. The zero-order valence-electron chi connectivity index (χ0n) is 2.16. The summed E-state index contributed by atoms with van der Waals surface area (Å²) in [5, 5.41) is 3.23. The molecule has 0 aliphatic rings. The minimum atomic E-state index is 0.817. The van der Waals surface area contributed by atoms with Gasteiger partial charge < -0.3 is 0 Å². The van der Waals surface area contributed by atoms with Gasteiger partial charge in [0, 0.05) is 0 Å². The number of hydrogen-bond donors (Lipinski definition) is 2. The normalized spacial score (nSPS) is 6.50. The largest absolute Gasteiger partial charge is 0.291 e. The van der Waals surface area contributed by atoms with E-state index in [1.807, 2.05) is 0 Å². The van der Waals surface area contributed by atoms with Gasteiger partial charge in [-0.2, -0.15) is 0 Å². The van der Waals surface area contributed by atoms with Crippen LogP contribution in [0.1, 0.15) is 0 Å². The van der Waals surface area contributed by atoms with E-state index in [9.17, 15) is 0 Å². The van der Waals surface area contributed by atoms with E-state index in [2.05, 4.69) is 27.7 Å². The Morgan fingerprint density at radius 3 is 2.25 bits per heavy atom. The Labute approximate surface area is 39.2 Å². The molecule has 0 aromatic heterocycles. The van der Waals surface area contributed by atoms with Crippen LogP contribution >= 0.6 is 22.4 Å². The topological polar surface area (TPSA) is 38.0 Å². The third-order valence-electron chi connectivity index (χ3n) is 0.0772. The number of hydrogen-bond acceptors (Lipinski definition) is 2. The van der Waals surface area contributed by atoms with Crippen molar-refractivity contribution in [3.8, 4) is 0 Å². The number of nitrogens with two attached hydrogens (primary N) is 1. The van der Waals surface area contributed by atoms with E-state index < -0.39 is 0 Å². The second kappa shape index (κ2) is 3.71. The fourth-order valence-electron chi connectivity index (χ4n) is 0. The van der Waals surface area contributed by atoms with E-state index in [1.54, 1.807) is 0 Å². The molecule has 4 heteroatoms. The maximum atomic E-state index is 4.77. The van der Waals surface area contributed by atoms with Crippen molar-refractivity contribution >= 4 is 27.6 Å². The molecule has 0 aliphatic heterocycles. The van der Waals surface area contributed by atoms with Crippen molar-refractivity contribution in [2.24, 2.45) is 5.84 Å².